The molecule has 3 aromatic heterocycles. The number of aromatic nitrogens is 4. The van der Waals surface area contributed by atoms with E-state index in [1.165, 1.54) is 27.5 Å². The maximum absolute atomic E-state index is 5.56. The first kappa shape index (κ1) is 32.8. The first-order chi connectivity index (χ1) is 23.0. The SMILES string of the molecule is CC(C)n1c(-c2cc(C(C)(C)C)cc3c2[nH]c2ccc(C(C)(C)C)cc23)nc2c(-c3cccc(-c4cc(C(C)(C)C)ccn4)c3)cccc21. The predicted molar refractivity (Wildman–Crippen MR) is 210 cm³/mol. The zero-order valence-corrected chi connectivity index (χ0v) is 31.1. The van der Waals surface area contributed by atoms with Gasteiger partial charge >= 0.3 is 0 Å². The second-order valence-electron chi connectivity index (χ2n) is 17.2. The van der Waals surface area contributed by atoms with Crippen molar-refractivity contribution in [1.29, 1.82) is 0 Å². The lowest BCUT2D eigenvalue weighted by atomic mass is 9.84. The van der Waals surface area contributed by atoms with E-state index in [1.807, 2.05) is 6.20 Å². The lowest BCUT2D eigenvalue weighted by Crippen LogP contribution is -2.12. The summed E-state index contributed by atoms with van der Waals surface area (Å²) in [5.41, 5.74) is 14.0. The molecule has 4 heteroatoms. The number of para-hydroxylation sites is 1. The molecule has 4 nitrogen and oxygen atoms in total. The van der Waals surface area contributed by atoms with Crippen LogP contribution in [-0.2, 0) is 16.2 Å². The predicted octanol–water partition coefficient (Wildman–Crippen LogP) is 12.5. The van der Waals surface area contributed by atoms with Crippen LogP contribution in [-0.4, -0.2) is 19.5 Å². The third-order valence-corrected chi connectivity index (χ3v) is 10.0. The van der Waals surface area contributed by atoms with Gasteiger partial charge in [-0.25, -0.2) is 4.98 Å². The van der Waals surface area contributed by atoms with Crippen molar-refractivity contribution >= 4 is 32.8 Å². The van der Waals surface area contributed by atoms with Crippen LogP contribution in [0.15, 0.2) is 91.1 Å². The zero-order chi connectivity index (χ0) is 35.0. The van der Waals surface area contributed by atoms with E-state index in [4.69, 9.17) is 9.97 Å². The van der Waals surface area contributed by atoms with E-state index in [2.05, 4.69) is 171 Å². The maximum Gasteiger partial charge on any atom is 0.143 e. The maximum atomic E-state index is 5.56. The largest absolute Gasteiger partial charge is 0.354 e. The van der Waals surface area contributed by atoms with Gasteiger partial charge in [0.05, 0.1) is 22.2 Å². The Balaban J connectivity index is 1.47. The molecular weight excluding hydrogens is 597 g/mol. The third kappa shape index (κ3) is 5.86. The summed E-state index contributed by atoms with van der Waals surface area (Å²) < 4.78 is 2.42. The van der Waals surface area contributed by atoms with E-state index >= 15 is 0 Å². The fourth-order valence-electron chi connectivity index (χ4n) is 7.04. The van der Waals surface area contributed by atoms with Gasteiger partial charge in [0.1, 0.15) is 5.82 Å². The third-order valence-electron chi connectivity index (χ3n) is 10.0. The molecule has 49 heavy (non-hydrogen) atoms. The molecule has 0 saturated carbocycles. The van der Waals surface area contributed by atoms with Crippen LogP contribution in [0.1, 0.15) is 98.9 Å². The Kier molecular flexibility index (Phi) is 7.66. The fourth-order valence-corrected chi connectivity index (χ4v) is 7.04. The molecule has 0 unspecified atom stereocenters. The molecule has 0 aliphatic rings. The van der Waals surface area contributed by atoms with Gasteiger partial charge < -0.3 is 9.55 Å². The molecule has 3 heterocycles. The van der Waals surface area contributed by atoms with Crippen LogP contribution < -0.4 is 0 Å². The molecule has 0 amide bonds. The number of fused-ring (bicyclic) bond motifs is 4. The number of aromatic amines is 1. The molecule has 0 saturated heterocycles. The molecular formula is C45H50N4. The van der Waals surface area contributed by atoms with Crippen LogP contribution in [0.2, 0.25) is 0 Å². The summed E-state index contributed by atoms with van der Waals surface area (Å²) >= 11 is 0. The number of imidazole rings is 1. The second-order valence-corrected chi connectivity index (χ2v) is 17.2. The highest BCUT2D eigenvalue weighted by Crippen LogP contribution is 2.42. The Labute approximate surface area is 291 Å². The number of H-pyrrole nitrogens is 1. The smallest absolute Gasteiger partial charge is 0.143 e. The number of pyridine rings is 1. The van der Waals surface area contributed by atoms with E-state index in [0.29, 0.717) is 0 Å². The normalized spacial score (nSPS) is 13.0. The minimum atomic E-state index is -0.0349. The molecule has 0 spiro atoms. The first-order valence-corrected chi connectivity index (χ1v) is 17.7. The highest BCUT2D eigenvalue weighted by molar-refractivity contribution is 6.12. The Hall–Kier alpha value is -4.70. The summed E-state index contributed by atoms with van der Waals surface area (Å²) in [5.74, 6) is 0.992. The van der Waals surface area contributed by atoms with Gasteiger partial charge in [-0.3, -0.25) is 4.98 Å². The molecule has 1 N–H and O–H groups in total. The van der Waals surface area contributed by atoms with Gasteiger partial charge in [-0.2, -0.15) is 0 Å². The Morgan fingerprint density at radius 3 is 1.96 bits per heavy atom. The van der Waals surface area contributed by atoms with E-state index < -0.39 is 0 Å². The summed E-state index contributed by atoms with van der Waals surface area (Å²) in [6, 6.07) is 31.6. The lowest BCUT2D eigenvalue weighted by Gasteiger charge is -2.22. The average Bonchev–Trinajstić information content (AvgIpc) is 3.62. The van der Waals surface area contributed by atoms with Crippen molar-refractivity contribution in [2.75, 3.05) is 0 Å². The van der Waals surface area contributed by atoms with Crippen molar-refractivity contribution in [1.82, 2.24) is 19.5 Å². The van der Waals surface area contributed by atoms with Gasteiger partial charge in [-0.15, -0.1) is 0 Å². The summed E-state index contributed by atoms with van der Waals surface area (Å²) in [6.07, 6.45) is 1.93. The van der Waals surface area contributed by atoms with E-state index in [-0.39, 0.29) is 22.3 Å². The zero-order valence-electron chi connectivity index (χ0n) is 31.1. The highest BCUT2D eigenvalue weighted by atomic mass is 15.1. The molecule has 0 fully saturated rings. The molecule has 7 rings (SSSR count). The summed E-state index contributed by atoms with van der Waals surface area (Å²) in [6.45, 7) is 25.0. The van der Waals surface area contributed by atoms with Crippen molar-refractivity contribution in [3.05, 3.63) is 108 Å². The van der Waals surface area contributed by atoms with Gasteiger partial charge in [0.2, 0.25) is 0 Å². The molecule has 0 aliphatic heterocycles. The van der Waals surface area contributed by atoms with E-state index in [1.54, 1.807) is 0 Å². The van der Waals surface area contributed by atoms with Crippen molar-refractivity contribution in [3.8, 4) is 33.8 Å². The van der Waals surface area contributed by atoms with Crippen molar-refractivity contribution in [2.45, 2.75) is 98.4 Å². The molecule has 250 valence electrons. The number of nitrogens with zero attached hydrogens (tertiary/aromatic N) is 3. The number of hydrogen-bond donors (Lipinski definition) is 1. The lowest BCUT2D eigenvalue weighted by molar-refractivity contribution is 0.589. The number of benzene rings is 4. The topological polar surface area (TPSA) is 46.5 Å². The fraction of sp³-hybridized carbons (Fsp3) is 0.333. The van der Waals surface area contributed by atoms with Crippen LogP contribution in [0.3, 0.4) is 0 Å². The number of hydrogen-bond acceptors (Lipinski definition) is 2. The van der Waals surface area contributed by atoms with Crippen LogP contribution >= 0.6 is 0 Å². The monoisotopic (exact) mass is 646 g/mol. The molecule has 0 radical (unpaired) electrons. The molecule has 4 aromatic carbocycles. The second kappa shape index (κ2) is 11.4. The van der Waals surface area contributed by atoms with Gasteiger partial charge in [-0.05, 0) is 101 Å². The highest BCUT2D eigenvalue weighted by Gasteiger charge is 2.25. The summed E-state index contributed by atoms with van der Waals surface area (Å²) in [4.78, 5) is 14.2. The Bertz CT molecular complexity index is 2360. The van der Waals surface area contributed by atoms with Gasteiger partial charge in [0.25, 0.3) is 0 Å². The Morgan fingerprint density at radius 2 is 1.27 bits per heavy atom. The van der Waals surface area contributed by atoms with E-state index in [9.17, 15) is 0 Å². The standard InChI is InChI=1S/C45H50N4/c1-27(2)49-39-17-13-16-33(28-14-12-15-29(22-28)38-26-31(20-21-46-38)44(6,7)8)41(39)48-42(49)36-25-32(45(9,10)11)24-35-34-23-30(43(3,4)5)18-19-37(34)47-40(35)36/h12-27,47H,1-11H3. The van der Waals surface area contributed by atoms with Crippen LogP contribution in [0.5, 0.6) is 0 Å². The van der Waals surface area contributed by atoms with Crippen LogP contribution in [0.25, 0.3) is 66.6 Å². The number of rotatable bonds is 4. The number of nitrogens with one attached hydrogen (secondary N) is 1. The minimum absolute atomic E-state index is 0.0349. The molecule has 0 atom stereocenters. The minimum Gasteiger partial charge on any atom is -0.354 e. The summed E-state index contributed by atoms with van der Waals surface area (Å²) in [7, 11) is 0. The van der Waals surface area contributed by atoms with Crippen molar-refractivity contribution < 1.29 is 0 Å². The average molecular weight is 647 g/mol. The molecule has 7 aromatic rings. The van der Waals surface area contributed by atoms with Crippen molar-refractivity contribution in [3.63, 3.8) is 0 Å². The molecule has 0 aliphatic carbocycles. The van der Waals surface area contributed by atoms with Gasteiger partial charge in [-0.1, -0.05) is 98.7 Å². The van der Waals surface area contributed by atoms with Crippen molar-refractivity contribution in [2.24, 2.45) is 0 Å². The van der Waals surface area contributed by atoms with Crippen LogP contribution in [0.4, 0.5) is 0 Å². The Morgan fingerprint density at radius 1 is 0.612 bits per heavy atom. The molecule has 0 bridgehead atoms. The van der Waals surface area contributed by atoms with Gasteiger partial charge in [0, 0.05) is 45.2 Å². The van der Waals surface area contributed by atoms with E-state index in [0.717, 1.165) is 55.8 Å². The first-order valence-electron chi connectivity index (χ1n) is 17.7. The van der Waals surface area contributed by atoms with Crippen LogP contribution in [0, 0.1) is 0 Å². The van der Waals surface area contributed by atoms with Gasteiger partial charge in [0.15, 0.2) is 0 Å². The summed E-state index contributed by atoms with van der Waals surface area (Å²) in [5, 5.41) is 2.52. The quantitative estimate of drug-likeness (QED) is 0.207.